The van der Waals surface area contributed by atoms with E-state index >= 15 is 0 Å². The van der Waals surface area contributed by atoms with Crippen molar-refractivity contribution in [1.29, 1.82) is 0 Å². The molecule has 154 valence electrons. The number of nitrogens with zero attached hydrogens (tertiary/aromatic N) is 1. The van der Waals surface area contributed by atoms with Gasteiger partial charge in [0.05, 0.1) is 9.79 Å². The molecule has 3 rings (SSSR count). The fraction of sp³-hybridized carbons (Fsp3) is 0.167. The van der Waals surface area contributed by atoms with Crippen LogP contribution in [0.5, 0.6) is 0 Å². The molecule has 0 saturated heterocycles. The van der Waals surface area contributed by atoms with Crippen LogP contribution in [-0.4, -0.2) is 22.0 Å². The van der Waals surface area contributed by atoms with Crippen LogP contribution in [0.15, 0.2) is 56.8 Å². The number of aryl methyl sites for hydroxylation is 3. The Labute approximate surface area is 174 Å². The van der Waals surface area contributed by atoms with Gasteiger partial charge in [-0.2, -0.15) is 0 Å². The van der Waals surface area contributed by atoms with E-state index < -0.39 is 20.0 Å². The molecule has 3 aromatic rings. The number of hydrogen-bond donors (Lipinski definition) is 2. The summed E-state index contributed by atoms with van der Waals surface area (Å²) in [4.78, 5) is 0.0405. The van der Waals surface area contributed by atoms with E-state index in [1.165, 1.54) is 36.4 Å². The molecule has 1 aromatic heterocycles. The molecule has 2 N–H and O–H groups in total. The van der Waals surface area contributed by atoms with Gasteiger partial charge in [-0.05, 0) is 68.3 Å². The summed E-state index contributed by atoms with van der Waals surface area (Å²) < 4.78 is 59.8. The van der Waals surface area contributed by atoms with Crippen LogP contribution in [0.4, 0.5) is 11.5 Å². The Morgan fingerprint density at radius 2 is 1.52 bits per heavy atom. The summed E-state index contributed by atoms with van der Waals surface area (Å²) in [6.45, 7) is 4.99. The average molecular weight is 456 g/mol. The third-order valence-electron chi connectivity index (χ3n) is 4.03. The normalized spacial score (nSPS) is 12.0. The van der Waals surface area contributed by atoms with Crippen molar-refractivity contribution >= 4 is 43.2 Å². The molecule has 0 aliphatic heterocycles. The van der Waals surface area contributed by atoms with Gasteiger partial charge in [-0.15, -0.1) is 0 Å². The average Bonchev–Trinajstić information content (AvgIpc) is 3.02. The summed E-state index contributed by atoms with van der Waals surface area (Å²) in [5.74, 6) is 0.515. The quantitative estimate of drug-likeness (QED) is 0.582. The molecular weight excluding hydrogens is 438 g/mol. The van der Waals surface area contributed by atoms with Crippen molar-refractivity contribution in [3.05, 3.63) is 64.4 Å². The minimum Gasteiger partial charge on any atom is -0.360 e. The number of halogens is 1. The van der Waals surface area contributed by atoms with Crippen molar-refractivity contribution in [3.8, 4) is 0 Å². The second-order valence-electron chi connectivity index (χ2n) is 6.43. The van der Waals surface area contributed by atoms with Gasteiger partial charge in [0.2, 0.25) is 0 Å². The first-order chi connectivity index (χ1) is 13.5. The van der Waals surface area contributed by atoms with Crippen LogP contribution in [0.25, 0.3) is 0 Å². The molecular formula is C18H18ClN3O5S2. The maximum absolute atomic E-state index is 12.7. The van der Waals surface area contributed by atoms with Crippen molar-refractivity contribution < 1.29 is 21.4 Å². The molecule has 0 unspecified atom stereocenters. The predicted molar refractivity (Wildman–Crippen MR) is 110 cm³/mol. The molecule has 0 saturated carbocycles. The Hall–Kier alpha value is -2.56. The molecule has 11 heteroatoms. The molecule has 0 aliphatic rings. The SMILES string of the molecule is Cc1cc(NS(=O)(=O)c2ccc(NS(=O)(=O)c3cc(C)c(Cl)cc3C)cc2)no1. The molecule has 2 aromatic carbocycles. The van der Waals surface area contributed by atoms with Crippen molar-refractivity contribution in [1.82, 2.24) is 5.16 Å². The van der Waals surface area contributed by atoms with Gasteiger partial charge in [-0.25, -0.2) is 16.8 Å². The molecule has 0 amide bonds. The first-order valence-corrected chi connectivity index (χ1v) is 11.7. The van der Waals surface area contributed by atoms with Gasteiger partial charge in [0, 0.05) is 16.8 Å². The van der Waals surface area contributed by atoms with Crippen LogP contribution in [0.3, 0.4) is 0 Å². The van der Waals surface area contributed by atoms with Crippen LogP contribution in [0, 0.1) is 20.8 Å². The number of aromatic nitrogens is 1. The van der Waals surface area contributed by atoms with Crippen LogP contribution in [0.1, 0.15) is 16.9 Å². The highest BCUT2D eigenvalue weighted by atomic mass is 35.5. The highest BCUT2D eigenvalue weighted by molar-refractivity contribution is 7.93. The summed E-state index contributed by atoms with van der Waals surface area (Å²) >= 11 is 6.03. The third kappa shape index (κ3) is 4.72. The van der Waals surface area contributed by atoms with Crippen LogP contribution >= 0.6 is 11.6 Å². The first-order valence-electron chi connectivity index (χ1n) is 8.34. The second kappa shape index (κ2) is 7.69. The van der Waals surface area contributed by atoms with Gasteiger partial charge < -0.3 is 4.52 Å². The Morgan fingerprint density at radius 3 is 2.10 bits per heavy atom. The van der Waals surface area contributed by atoms with Gasteiger partial charge in [0.1, 0.15) is 5.76 Å². The molecule has 0 atom stereocenters. The minimum absolute atomic E-state index is 0.0559. The summed E-state index contributed by atoms with van der Waals surface area (Å²) in [7, 11) is -7.77. The lowest BCUT2D eigenvalue weighted by molar-refractivity contribution is 0.400. The summed E-state index contributed by atoms with van der Waals surface area (Å²) in [5.41, 5.74) is 1.35. The van der Waals surface area contributed by atoms with E-state index in [2.05, 4.69) is 14.6 Å². The standard InChI is InChI=1S/C18H18ClN3O5S2/c1-11-9-17(12(2)8-16(11)19)29(25,26)21-14-4-6-15(7-5-14)28(23,24)22-18-10-13(3)27-20-18/h4-10,21H,1-3H3,(H,20,22). The fourth-order valence-corrected chi connectivity index (χ4v) is 5.14. The number of benzene rings is 2. The summed E-state index contributed by atoms with van der Waals surface area (Å²) in [5, 5.41) is 4.06. The Balaban J connectivity index is 1.82. The molecule has 29 heavy (non-hydrogen) atoms. The van der Waals surface area contributed by atoms with Crippen LogP contribution < -0.4 is 9.44 Å². The van der Waals surface area contributed by atoms with Gasteiger partial charge in [-0.3, -0.25) is 9.44 Å². The highest BCUT2D eigenvalue weighted by Gasteiger charge is 2.20. The largest absolute Gasteiger partial charge is 0.360 e. The minimum atomic E-state index is -3.89. The van der Waals surface area contributed by atoms with Crippen LogP contribution in [-0.2, 0) is 20.0 Å². The maximum atomic E-state index is 12.7. The van der Waals surface area contributed by atoms with E-state index in [1.807, 2.05) is 0 Å². The molecule has 0 bridgehead atoms. The third-order valence-corrected chi connectivity index (χ3v) is 7.33. The van der Waals surface area contributed by atoms with Gasteiger partial charge in [0.25, 0.3) is 20.0 Å². The van der Waals surface area contributed by atoms with E-state index in [-0.39, 0.29) is 21.3 Å². The zero-order valence-electron chi connectivity index (χ0n) is 15.7. The Kier molecular flexibility index (Phi) is 5.61. The van der Waals surface area contributed by atoms with E-state index in [1.54, 1.807) is 26.8 Å². The van der Waals surface area contributed by atoms with Crippen LogP contribution in [0.2, 0.25) is 5.02 Å². The smallest absolute Gasteiger partial charge is 0.263 e. The molecule has 0 radical (unpaired) electrons. The van der Waals surface area contributed by atoms with Gasteiger partial charge >= 0.3 is 0 Å². The first kappa shape index (κ1) is 21.2. The monoisotopic (exact) mass is 455 g/mol. The molecule has 1 heterocycles. The Bertz CT molecular complexity index is 1270. The fourth-order valence-electron chi connectivity index (χ4n) is 2.57. The number of sulfonamides is 2. The van der Waals surface area contributed by atoms with Crippen molar-refractivity contribution in [3.63, 3.8) is 0 Å². The van der Waals surface area contributed by atoms with E-state index in [4.69, 9.17) is 16.1 Å². The van der Waals surface area contributed by atoms with Crippen molar-refractivity contribution in [2.45, 2.75) is 30.6 Å². The number of rotatable bonds is 6. The highest BCUT2D eigenvalue weighted by Crippen LogP contribution is 2.26. The maximum Gasteiger partial charge on any atom is 0.263 e. The van der Waals surface area contributed by atoms with E-state index in [9.17, 15) is 16.8 Å². The molecule has 0 fully saturated rings. The topological polar surface area (TPSA) is 118 Å². The molecule has 0 aliphatic carbocycles. The summed E-state index contributed by atoms with van der Waals surface area (Å²) in [6, 6.07) is 9.80. The van der Waals surface area contributed by atoms with Crippen molar-refractivity contribution in [2.75, 3.05) is 9.44 Å². The molecule has 8 nitrogen and oxygen atoms in total. The summed E-state index contributed by atoms with van der Waals surface area (Å²) in [6.07, 6.45) is 0. The lowest BCUT2D eigenvalue weighted by Crippen LogP contribution is -2.15. The van der Waals surface area contributed by atoms with Crippen molar-refractivity contribution in [2.24, 2.45) is 0 Å². The second-order valence-corrected chi connectivity index (χ2v) is 10.2. The van der Waals surface area contributed by atoms with E-state index in [0.29, 0.717) is 21.9 Å². The lowest BCUT2D eigenvalue weighted by Gasteiger charge is -2.12. The predicted octanol–water partition coefficient (Wildman–Crippen LogP) is 3.85. The lowest BCUT2D eigenvalue weighted by atomic mass is 10.2. The number of nitrogens with one attached hydrogen (secondary N) is 2. The zero-order valence-corrected chi connectivity index (χ0v) is 18.1. The van der Waals surface area contributed by atoms with Gasteiger partial charge in [-0.1, -0.05) is 16.8 Å². The number of hydrogen-bond acceptors (Lipinski definition) is 6. The molecule has 0 spiro atoms. The van der Waals surface area contributed by atoms with E-state index in [0.717, 1.165) is 0 Å². The number of anilines is 2. The Morgan fingerprint density at radius 1 is 0.862 bits per heavy atom. The van der Waals surface area contributed by atoms with Gasteiger partial charge in [0.15, 0.2) is 5.82 Å². The zero-order chi connectivity index (χ0) is 21.4.